The van der Waals surface area contributed by atoms with Crippen molar-refractivity contribution in [1.82, 2.24) is 29.8 Å². The maximum atomic E-state index is 12.2. The molecule has 6 aromatic rings. The lowest BCUT2D eigenvalue weighted by atomic mass is 10.2. The molecule has 1 N–H and O–H groups in total. The van der Waals surface area contributed by atoms with Crippen molar-refractivity contribution in [2.75, 3.05) is 0 Å². The van der Waals surface area contributed by atoms with Gasteiger partial charge in [0.2, 0.25) is 0 Å². The number of nitro benzene ring substituents is 3. The van der Waals surface area contributed by atoms with Crippen LogP contribution >= 0.6 is 15.9 Å². The van der Waals surface area contributed by atoms with Gasteiger partial charge in [-0.15, -0.1) is 0 Å². The van der Waals surface area contributed by atoms with Crippen molar-refractivity contribution < 1.29 is 33.8 Å². The van der Waals surface area contributed by atoms with Gasteiger partial charge in [-0.25, -0.2) is 9.59 Å². The molecular weight excluding hydrogens is 774 g/mol. The van der Waals surface area contributed by atoms with E-state index in [2.05, 4.69) is 36.3 Å². The first-order chi connectivity index (χ1) is 25.1. The maximum absolute atomic E-state index is 12.2. The average Bonchev–Trinajstić information content (AvgIpc) is 3.75. The van der Waals surface area contributed by atoms with E-state index in [-0.39, 0.29) is 17.1 Å². The van der Waals surface area contributed by atoms with Gasteiger partial charge in [0.15, 0.2) is 0 Å². The zero-order chi connectivity index (χ0) is 40.3. The van der Waals surface area contributed by atoms with E-state index in [1.54, 1.807) is 54.5 Å². The largest absolute Gasteiger partial charge is 0.442 e. The Hall–Kier alpha value is -6.31. The SMILES string of the molecule is CC(C)(C)OC(=O)n1nc(CBr)c2cc([N+](=O)[O-])ccc21.Cc1[nH]nc2ccc([N+](=O)[O-])cc12.Cc1nn(C(=O)OC(C)(C)C)c2ccc([N+](=O)[O-])cc12. The summed E-state index contributed by atoms with van der Waals surface area (Å²) in [6.45, 7) is 14.1. The predicted molar refractivity (Wildman–Crippen MR) is 201 cm³/mol. The Morgan fingerprint density at radius 3 is 1.59 bits per heavy atom. The number of carbonyl (C=O) groups is 2. The number of aromatic nitrogens is 6. The van der Waals surface area contributed by atoms with Crippen molar-refractivity contribution in [3.05, 3.63) is 102 Å². The van der Waals surface area contributed by atoms with Crippen LogP contribution in [0.15, 0.2) is 54.6 Å². The third-order valence-electron chi connectivity index (χ3n) is 7.21. The Morgan fingerprint density at radius 2 is 1.13 bits per heavy atom. The summed E-state index contributed by atoms with van der Waals surface area (Å²) < 4.78 is 12.8. The van der Waals surface area contributed by atoms with E-state index < -0.39 is 38.2 Å². The van der Waals surface area contributed by atoms with E-state index in [1.165, 1.54) is 48.5 Å². The molecule has 54 heavy (non-hydrogen) atoms. The first-order valence-corrected chi connectivity index (χ1v) is 17.1. The van der Waals surface area contributed by atoms with Gasteiger partial charge in [0.05, 0.1) is 42.7 Å². The highest BCUT2D eigenvalue weighted by atomic mass is 79.9. The molecule has 0 aliphatic carbocycles. The molecule has 0 saturated heterocycles. The number of benzene rings is 3. The van der Waals surface area contributed by atoms with Crippen LogP contribution in [-0.4, -0.2) is 67.9 Å². The lowest BCUT2D eigenvalue weighted by Crippen LogP contribution is -2.27. The van der Waals surface area contributed by atoms with Gasteiger partial charge in [-0.2, -0.15) is 24.7 Å². The highest BCUT2D eigenvalue weighted by Crippen LogP contribution is 2.27. The Labute approximate surface area is 314 Å². The zero-order valence-electron chi connectivity index (χ0n) is 30.4. The van der Waals surface area contributed by atoms with Crippen LogP contribution < -0.4 is 0 Å². The topological polar surface area (TPSA) is 246 Å². The molecule has 0 aliphatic heterocycles. The van der Waals surface area contributed by atoms with Gasteiger partial charge in [0.1, 0.15) is 11.2 Å². The molecule has 0 spiro atoms. The van der Waals surface area contributed by atoms with Gasteiger partial charge in [0.25, 0.3) is 17.1 Å². The number of H-pyrrole nitrogens is 1. The summed E-state index contributed by atoms with van der Waals surface area (Å²) in [6.07, 6.45) is -1.22. The number of carbonyl (C=O) groups excluding carboxylic acids is 2. The van der Waals surface area contributed by atoms with Gasteiger partial charge >= 0.3 is 12.2 Å². The number of nitrogens with one attached hydrogen (secondary N) is 1. The molecule has 6 rings (SSSR count). The molecule has 3 aromatic heterocycles. The van der Waals surface area contributed by atoms with Crippen LogP contribution in [0.2, 0.25) is 0 Å². The number of hydrogen-bond donors (Lipinski definition) is 1. The summed E-state index contributed by atoms with van der Waals surface area (Å²) in [7, 11) is 0. The molecule has 0 atom stereocenters. The number of halogens is 1. The van der Waals surface area contributed by atoms with E-state index >= 15 is 0 Å². The van der Waals surface area contributed by atoms with Crippen LogP contribution in [0.5, 0.6) is 0 Å². The third-order valence-corrected chi connectivity index (χ3v) is 7.74. The molecule has 0 bridgehead atoms. The summed E-state index contributed by atoms with van der Waals surface area (Å²) in [6, 6.07) is 13.1. The first kappa shape index (κ1) is 40.5. The number of fused-ring (bicyclic) bond motifs is 3. The van der Waals surface area contributed by atoms with Crippen molar-refractivity contribution in [3.8, 4) is 0 Å². The molecule has 20 heteroatoms. The number of nitrogens with zero attached hydrogens (tertiary/aromatic N) is 8. The molecule has 0 aliphatic rings. The monoisotopic (exact) mass is 809 g/mol. The number of nitro groups is 3. The minimum atomic E-state index is -0.648. The summed E-state index contributed by atoms with van der Waals surface area (Å²) in [5.74, 6) is 0. The normalized spacial score (nSPS) is 11.4. The lowest BCUT2D eigenvalue weighted by Gasteiger charge is -2.19. The summed E-state index contributed by atoms with van der Waals surface area (Å²) >= 11 is 3.27. The van der Waals surface area contributed by atoms with Crippen molar-refractivity contribution >= 4 is 77.9 Å². The number of aromatic amines is 1. The van der Waals surface area contributed by atoms with Crippen LogP contribution in [0, 0.1) is 44.2 Å². The molecule has 284 valence electrons. The highest BCUT2D eigenvalue weighted by molar-refractivity contribution is 9.08. The van der Waals surface area contributed by atoms with Crippen LogP contribution in [-0.2, 0) is 14.8 Å². The van der Waals surface area contributed by atoms with Gasteiger partial charge in [-0.05, 0) is 73.6 Å². The van der Waals surface area contributed by atoms with Crippen LogP contribution in [0.25, 0.3) is 32.7 Å². The second kappa shape index (κ2) is 15.7. The standard InChI is InChI=1S/C13H14BrN3O4.C13H15N3O4.C8H7N3O2/c1-13(2,3)21-12(18)16-11-5-4-8(17(19)20)6-9(11)10(7-14)15-16;1-8-10-7-9(16(18)19)5-6-11(10)15(14-8)12(17)20-13(2,3)4;1-5-7-4-6(11(12)13)2-3-8(7)10-9-5/h4-6H,7H2,1-3H3;5-7H,1-4H3;2-4H,1H3,(H,9,10). The van der Waals surface area contributed by atoms with Gasteiger partial charge < -0.3 is 9.47 Å². The van der Waals surface area contributed by atoms with Gasteiger partial charge in [-0.1, -0.05) is 15.9 Å². The van der Waals surface area contributed by atoms with E-state index in [0.29, 0.717) is 38.5 Å². The Kier molecular flexibility index (Phi) is 11.8. The fourth-order valence-electron chi connectivity index (χ4n) is 4.88. The zero-order valence-corrected chi connectivity index (χ0v) is 32.0. The third kappa shape index (κ3) is 9.56. The smallest absolute Gasteiger partial charge is 0.435 e. The number of ether oxygens (including phenoxy) is 2. The molecule has 0 saturated carbocycles. The summed E-state index contributed by atoms with van der Waals surface area (Å²) in [4.78, 5) is 54.9. The minimum Gasteiger partial charge on any atom is -0.442 e. The molecule has 0 radical (unpaired) electrons. The molecule has 3 heterocycles. The van der Waals surface area contributed by atoms with Gasteiger partial charge in [0, 0.05) is 63.6 Å². The quantitative estimate of drug-likeness (QED) is 0.0998. The minimum absolute atomic E-state index is 0.0376. The molecule has 3 aromatic carbocycles. The second-order valence-corrected chi connectivity index (χ2v) is 14.2. The number of hydrogen-bond acceptors (Lipinski definition) is 13. The van der Waals surface area contributed by atoms with E-state index in [4.69, 9.17) is 9.47 Å². The second-order valence-electron chi connectivity index (χ2n) is 13.7. The van der Waals surface area contributed by atoms with Gasteiger partial charge in [-0.3, -0.25) is 35.4 Å². The van der Waals surface area contributed by atoms with Crippen molar-refractivity contribution in [1.29, 1.82) is 0 Å². The summed E-state index contributed by atoms with van der Waals surface area (Å²) in [5, 5.41) is 49.4. The molecule has 0 amide bonds. The average molecular weight is 811 g/mol. The molecule has 0 unspecified atom stereocenters. The Morgan fingerprint density at radius 1 is 0.704 bits per heavy atom. The number of non-ortho nitro benzene ring substituents is 3. The molecular formula is C34H36BrN9O10. The van der Waals surface area contributed by atoms with Crippen molar-refractivity contribution in [3.63, 3.8) is 0 Å². The first-order valence-electron chi connectivity index (χ1n) is 16.0. The fraction of sp³-hybridized carbons (Fsp3) is 0.324. The van der Waals surface area contributed by atoms with Crippen LogP contribution in [0.3, 0.4) is 0 Å². The fourth-order valence-corrected chi connectivity index (χ4v) is 5.29. The van der Waals surface area contributed by atoms with E-state index in [0.717, 1.165) is 26.0 Å². The highest BCUT2D eigenvalue weighted by Gasteiger charge is 2.24. The van der Waals surface area contributed by atoms with Crippen molar-refractivity contribution in [2.24, 2.45) is 0 Å². The van der Waals surface area contributed by atoms with Crippen LogP contribution in [0.4, 0.5) is 26.7 Å². The van der Waals surface area contributed by atoms with Crippen LogP contribution in [0.1, 0.15) is 58.6 Å². The molecule has 19 nitrogen and oxygen atoms in total. The lowest BCUT2D eigenvalue weighted by molar-refractivity contribution is -0.384. The Balaban J connectivity index is 0.000000185. The van der Waals surface area contributed by atoms with Crippen molar-refractivity contribution in [2.45, 2.75) is 71.9 Å². The van der Waals surface area contributed by atoms with E-state index in [1.807, 2.05) is 6.92 Å². The summed E-state index contributed by atoms with van der Waals surface area (Å²) in [5.41, 5.74) is 2.37. The maximum Gasteiger partial charge on any atom is 0.435 e. The number of alkyl halides is 1. The predicted octanol–water partition coefficient (Wildman–Crippen LogP) is 8.44. The Bertz CT molecular complexity index is 2420. The number of aryl methyl sites for hydroxylation is 2. The number of rotatable bonds is 4. The molecule has 0 fully saturated rings. The van der Waals surface area contributed by atoms with E-state index in [9.17, 15) is 39.9 Å².